The summed E-state index contributed by atoms with van der Waals surface area (Å²) < 4.78 is 62.5. The van der Waals surface area contributed by atoms with Crippen molar-refractivity contribution in [2.45, 2.75) is 184 Å². The minimum absolute atomic E-state index is 0. The van der Waals surface area contributed by atoms with E-state index < -0.39 is 122 Å². The highest BCUT2D eigenvalue weighted by Gasteiger charge is 2.41. The number of carbonyl (C=O) groups excluding carboxylic acids is 14. The molecule has 3 aromatic carbocycles. The third-order valence-electron chi connectivity index (χ3n) is 16.2. The molecule has 6 unspecified atom stereocenters. The van der Waals surface area contributed by atoms with Gasteiger partial charge in [-0.2, -0.15) is 0 Å². The number of ketones is 2. The van der Waals surface area contributed by atoms with Crippen LogP contribution in [0.2, 0.25) is 0 Å². The van der Waals surface area contributed by atoms with Gasteiger partial charge in [0.2, 0.25) is 5.91 Å². The van der Waals surface area contributed by atoms with E-state index in [2.05, 4.69) is 16.0 Å². The van der Waals surface area contributed by atoms with Gasteiger partial charge in [-0.05, 0) is 116 Å². The lowest BCUT2D eigenvalue weighted by Crippen LogP contribution is -3.00. The summed E-state index contributed by atoms with van der Waals surface area (Å²) in [4.78, 5) is 171. The molecule has 0 spiro atoms. The Balaban J connectivity index is 0.00000217. The van der Waals surface area contributed by atoms with Gasteiger partial charge >= 0.3 is 66.1 Å². The van der Waals surface area contributed by atoms with E-state index in [-0.39, 0.29) is 83.9 Å². The van der Waals surface area contributed by atoms with Crippen LogP contribution in [0.25, 0.3) is 0 Å². The number of benzene rings is 3. The van der Waals surface area contributed by atoms with Crippen LogP contribution in [-0.4, -0.2) is 232 Å². The van der Waals surface area contributed by atoms with E-state index in [1.165, 1.54) is 55.4 Å². The minimum atomic E-state index is -1.54. The van der Waals surface area contributed by atoms with Crippen LogP contribution in [-0.2, 0) is 124 Å². The zero-order valence-corrected chi connectivity index (χ0v) is 70.9. The Morgan fingerprint density at radius 2 is 0.821 bits per heavy atom. The zero-order chi connectivity index (χ0) is 82.6. The molecule has 0 saturated heterocycles. The van der Waals surface area contributed by atoms with E-state index in [1.54, 1.807) is 24.3 Å². The lowest BCUT2D eigenvalue weighted by molar-refractivity contribution is -0.870. The lowest BCUT2D eigenvalue weighted by Gasteiger charge is -2.27. The molecule has 628 valence electrons. The molecule has 0 heterocycles. The fourth-order valence-corrected chi connectivity index (χ4v) is 9.48. The van der Waals surface area contributed by atoms with Gasteiger partial charge in [-0.1, -0.05) is 79.1 Å². The van der Waals surface area contributed by atoms with E-state index in [0.717, 1.165) is 55.1 Å². The molecule has 0 aromatic heterocycles. The number of urea groups is 1. The Morgan fingerprint density at radius 1 is 0.420 bits per heavy atom. The maximum atomic E-state index is 12.8. The molecular weight excluding hydrogens is 1590 g/mol. The molecule has 6 atom stereocenters. The second kappa shape index (κ2) is 53.8. The van der Waals surface area contributed by atoms with Crippen molar-refractivity contribution in [3.63, 3.8) is 0 Å². The molecule has 0 bridgehead atoms. The van der Waals surface area contributed by atoms with Gasteiger partial charge in [0.05, 0.1) is 81.8 Å². The predicted octanol–water partition coefficient (Wildman–Crippen LogP) is 2.95. The number of rotatable bonds is 48. The van der Waals surface area contributed by atoms with Crippen molar-refractivity contribution in [1.29, 1.82) is 0 Å². The number of Topliss-reactive ketones (excluding diaryl/α,β-unsaturated/α-hetero) is 2. The summed E-state index contributed by atoms with van der Waals surface area (Å²) in [7, 11) is 12.0. The number of carbonyl (C=O) groups is 14. The highest BCUT2D eigenvalue weighted by molar-refractivity contribution is 5.96. The Morgan fingerprint density at radius 3 is 1.26 bits per heavy atom. The van der Waals surface area contributed by atoms with Crippen LogP contribution in [0, 0.1) is 17.8 Å². The molecular formula is C79H117Br2N5O26. The van der Waals surface area contributed by atoms with Crippen molar-refractivity contribution in [2.24, 2.45) is 10.8 Å². The molecule has 3 amide bonds. The molecule has 0 aliphatic heterocycles. The number of anilines is 1. The lowest BCUT2D eigenvalue weighted by atomic mass is 9.93. The Hall–Kier alpha value is -9.08. The number of hydrogen-bond donors (Lipinski definition) is 3. The fourth-order valence-electron chi connectivity index (χ4n) is 9.48. The molecule has 3 aromatic rings. The van der Waals surface area contributed by atoms with Gasteiger partial charge in [-0.3, -0.25) is 33.6 Å². The summed E-state index contributed by atoms with van der Waals surface area (Å²) in [6.45, 7) is 14.3. The van der Waals surface area contributed by atoms with Gasteiger partial charge in [0, 0.05) is 77.2 Å². The van der Waals surface area contributed by atoms with Crippen LogP contribution in [0.4, 0.5) is 20.1 Å². The summed E-state index contributed by atoms with van der Waals surface area (Å²) in [6, 6.07) is 22.0. The molecule has 0 aliphatic carbocycles. The Labute approximate surface area is 678 Å². The summed E-state index contributed by atoms with van der Waals surface area (Å²) in [6.07, 6.45) is -0.577. The number of aryl methyl sites for hydroxylation is 2. The van der Waals surface area contributed by atoms with Gasteiger partial charge < -0.3 is 116 Å². The SMILES string of the molecule is CC(=O)NCc1ccc(NC(=O)NCCCCCOC(=O)C(C)OC(=O)C(C)OC(=O)OCC(C)(COC(C)=O)C(=O)OCCC[N+](C)(C)C)cc1.CC(=O)OCC(C)(COC(=O)OC(C)C(=O)OC(C)C(=O)OCCCCCCC(=O)Cc1ccc(CCC(=O)c2ccc(C)cc2)cc1)C(=O)OCCC[N+](C)(C)C.[Br-].[Br-]. The standard InChI is InChI=1S/C44H62NO13.C35H54N4O13.2BrH/c1-31-15-22-37(23-16-31)39(48)24-21-35-17-19-36(20-18-35)28-38(47)14-11-9-10-12-26-53-40(49)32(2)57-41(50)33(3)58-43(52)56-30-44(5,29-55-34(4)46)42(51)54-27-13-25-45(6,7)8;1-24(30(42)47-19-11-9-10-17-36-33(45)38-29-15-13-28(14-16-29)21-37-26(3)40)51-31(43)25(2)52-34(46)50-23-35(5,22-49-27(4)41)32(44)48-20-12-18-39(6,7)8;;/h15-20,22-23,32-33H,9-14,21,24-30H2,1-8H3;13-16,24-25H,9-12,17-23H2,1-8H3,(H2-,36,37,38,40,45);2*1H/q+1;;;/p-1. The number of quaternary nitrogens is 2. The zero-order valence-electron chi connectivity index (χ0n) is 67.7. The number of unbranched alkanes of at least 4 members (excludes halogenated alkanes) is 5. The van der Waals surface area contributed by atoms with E-state index in [1.807, 2.05) is 97.7 Å². The van der Waals surface area contributed by atoms with Crippen molar-refractivity contribution >= 4 is 89.3 Å². The Bertz CT molecular complexity index is 3470. The van der Waals surface area contributed by atoms with Gasteiger partial charge in [-0.25, -0.2) is 33.6 Å². The molecule has 112 heavy (non-hydrogen) atoms. The highest BCUT2D eigenvalue weighted by atomic mass is 79.9. The maximum Gasteiger partial charge on any atom is 0.509 e. The van der Waals surface area contributed by atoms with Crippen LogP contribution in [0.5, 0.6) is 0 Å². The number of amides is 3. The molecule has 3 N–H and O–H groups in total. The van der Waals surface area contributed by atoms with Crippen LogP contribution in [0.15, 0.2) is 72.8 Å². The van der Waals surface area contributed by atoms with Crippen molar-refractivity contribution < 1.29 is 167 Å². The normalized spacial score (nSPS) is 13.0. The van der Waals surface area contributed by atoms with Crippen molar-refractivity contribution in [3.05, 3.63) is 101 Å². The first-order valence-electron chi connectivity index (χ1n) is 36.8. The van der Waals surface area contributed by atoms with Crippen LogP contribution in [0.3, 0.4) is 0 Å². The third kappa shape index (κ3) is 46.7. The minimum Gasteiger partial charge on any atom is -1.00 e. The highest BCUT2D eigenvalue weighted by Crippen LogP contribution is 2.24. The van der Waals surface area contributed by atoms with E-state index >= 15 is 0 Å². The van der Waals surface area contributed by atoms with Crippen molar-refractivity contribution in [2.75, 3.05) is 120 Å². The molecule has 31 nitrogen and oxygen atoms in total. The number of ether oxygens (including phenoxy) is 12. The van der Waals surface area contributed by atoms with Crippen molar-refractivity contribution in [1.82, 2.24) is 10.6 Å². The number of esters is 8. The Kier molecular flexibility index (Phi) is 49.4. The maximum absolute atomic E-state index is 12.8. The van der Waals surface area contributed by atoms with Gasteiger partial charge in [0.1, 0.15) is 43.0 Å². The predicted molar refractivity (Wildman–Crippen MR) is 400 cm³/mol. The average Bonchev–Trinajstić information content (AvgIpc) is 0.848. The monoisotopic (exact) mass is 1710 g/mol. The molecule has 0 saturated carbocycles. The summed E-state index contributed by atoms with van der Waals surface area (Å²) in [5, 5.41) is 8.15. The number of halogens is 2. The second-order valence-corrected chi connectivity index (χ2v) is 29.3. The topological polar surface area (TPSA) is 386 Å². The number of hydrogen-bond acceptors (Lipinski definition) is 26. The largest absolute Gasteiger partial charge is 1.00 e. The third-order valence-corrected chi connectivity index (χ3v) is 16.2. The quantitative estimate of drug-likeness (QED) is 0.0240. The smallest absolute Gasteiger partial charge is 0.509 e. The molecule has 0 radical (unpaired) electrons. The molecule has 0 fully saturated rings. The average molecular weight is 1710 g/mol. The first kappa shape index (κ1) is 103. The summed E-state index contributed by atoms with van der Waals surface area (Å²) >= 11 is 0. The van der Waals surface area contributed by atoms with Crippen LogP contribution < -0.4 is 49.9 Å². The molecule has 3 rings (SSSR count). The van der Waals surface area contributed by atoms with E-state index in [9.17, 15) is 67.1 Å². The first-order valence-corrected chi connectivity index (χ1v) is 36.8. The molecule has 33 heteroatoms. The van der Waals surface area contributed by atoms with E-state index in [4.69, 9.17) is 56.8 Å². The fraction of sp³-hybridized carbons (Fsp3) is 0.595. The van der Waals surface area contributed by atoms with Crippen LogP contribution in [0.1, 0.15) is 166 Å². The summed E-state index contributed by atoms with van der Waals surface area (Å²) in [5.74, 6) is -6.30. The first-order chi connectivity index (χ1) is 51.6. The van der Waals surface area contributed by atoms with Gasteiger partial charge in [0.25, 0.3) is 0 Å². The van der Waals surface area contributed by atoms with Gasteiger partial charge in [-0.15, -0.1) is 0 Å². The van der Waals surface area contributed by atoms with Crippen LogP contribution >= 0.6 is 0 Å². The second-order valence-electron chi connectivity index (χ2n) is 29.3. The molecule has 0 aliphatic rings. The van der Waals surface area contributed by atoms with E-state index in [0.29, 0.717) is 104 Å². The van der Waals surface area contributed by atoms with Gasteiger partial charge in [0.15, 0.2) is 30.2 Å². The van der Waals surface area contributed by atoms with Crippen molar-refractivity contribution in [3.8, 4) is 0 Å². The number of nitrogens with one attached hydrogen (secondary N) is 3. The number of nitrogens with zero attached hydrogens (tertiary/aromatic N) is 2. The summed E-state index contributed by atoms with van der Waals surface area (Å²) in [5.41, 5.74) is 2.22.